The molecular formula is C42H26O. The maximum atomic E-state index is 9.79. The monoisotopic (exact) mass is 572 g/mol. The summed E-state index contributed by atoms with van der Waals surface area (Å²) in [4.78, 5) is 0. The highest BCUT2D eigenvalue weighted by Crippen LogP contribution is 2.45. The quantitative estimate of drug-likeness (QED) is 0.192. The van der Waals surface area contributed by atoms with Gasteiger partial charge in [0.25, 0.3) is 0 Å². The lowest BCUT2D eigenvalue weighted by Gasteiger charge is -2.19. The Morgan fingerprint density at radius 1 is 0.349 bits per heavy atom. The van der Waals surface area contributed by atoms with Crippen molar-refractivity contribution in [3.63, 3.8) is 0 Å². The Balaban J connectivity index is 1.60. The molecule has 1 aromatic heterocycles. The van der Waals surface area contributed by atoms with Crippen LogP contribution in [0.4, 0.5) is 0 Å². The van der Waals surface area contributed by atoms with E-state index in [1.807, 2.05) is 0 Å². The second-order valence-electron chi connectivity index (χ2n) is 9.26. The minimum Gasteiger partial charge on any atom is -0.456 e. The van der Waals surface area contributed by atoms with Crippen LogP contribution in [-0.2, 0) is 0 Å². The third kappa shape index (κ3) is 3.72. The minimum absolute atomic E-state index is 0.405. The van der Waals surface area contributed by atoms with Crippen molar-refractivity contribution in [1.82, 2.24) is 0 Å². The Bertz CT molecular complexity index is 3880. The van der Waals surface area contributed by atoms with Crippen molar-refractivity contribution < 1.29 is 40.1 Å². The summed E-state index contributed by atoms with van der Waals surface area (Å²) in [5.41, 5.74) is -5.68. The van der Waals surface area contributed by atoms with E-state index in [4.69, 9.17) is 29.1 Å². The van der Waals surface area contributed by atoms with E-state index < -0.39 is 245 Å². The molecular weight excluding hydrogens is 520 g/mol. The van der Waals surface area contributed by atoms with Crippen LogP contribution in [0.1, 0.15) is 35.6 Å². The van der Waals surface area contributed by atoms with Crippen molar-refractivity contribution in [3.8, 4) is 33.4 Å². The summed E-state index contributed by atoms with van der Waals surface area (Å²) in [6.45, 7) is 0. The fourth-order valence-electron chi connectivity index (χ4n) is 5.15. The standard InChI is InChI=1S/C42H26O/c1-2-15-31-27(11-1)12-10-21-33(31)42-36-19-5-3-17-34(36)41(35-18-4-6-20-37(35)42)30-14-9-13-28(25-30)29-23-24-40-38(26-29)32-16-7-8-22-39(32)43-40/h1-26H/i1D,2D,3D,4D,5D,6D,7D,8D,9D,10D,11D,12D,13D,14D,15D,16D,17D,18D,19D,20D,21D,22D,23D,24D,25D,26D. The Hall–Kier alpha value is -5.66. The molecule has 0 atom stereocenters. The number of fused-ring (bicyclic) bond motifs is 6. The van der Waals surface area contributed by atoms with Gasteiger partial charge in [0.2, 0.25) is 0 Å². The van der Waals surface area contributed by atoms with E-state index in [-0.39, 0.29) is 0 Å². The zero-order valence-corrected chi connectivity index (χ0v) is 21.4. The fraction of sp³-hybridized carbons (Fsp3) is 0. The van der Waals surface area contributed by atoms with Crippen LogP contribution in [0.2, 0.25) is 0 Å². The molecule has 8 aromatic carbocycles. The molecule has 0 aliphatic heterocycles. The zero-order chi connectivity index (χ0) is 51.0. The number of benzene rings is 8. The van der Waals surface area contributed by atoms with E-state index in [1.165, 1.54) is 0 Å². The molecule has 1 heterocycles. The van der Waals surface area contributed by atoms with Crippen LogP contribution in [0.25, 0.3) is 87.6 Å². The van der Waals surface area contributed by atoms with E-state index in [9.17, 15) is 11.0 Å². The highest BCUT2D eigenvalue weighted by Gasteiger charge is 2.18. The number of hydrogen-bond acceptors (Lipinski definition) is 1. The molecule has 0 saturated carbocycles. The van der Waals surface area contributed by atoms with Crippen molar-refractivity contribution in [2.75, 3.05) is 0 Å². The van der Waals surface area contributed by atoms with Crippen molar-refractivity contribution in [3.05, 3.63) is 157 Å². The first kappa shape index (κ1) is 9.69. The Morgan fingerprint density at radius 3 is 1.65 bits per heavy atom. The van der Waals surface area contributed by atoms with Crippen LogP contribution >= 0.6 is 0 Å². The SMILES string of the molecule is [2H]c1c([2H])c(-c2c([2H])c([2H])c3oc4c([2H])c([2H])c([2H])c([2H])c4c3c2[2H])c([2H])c(-c2c3c([2H])c([2H])c([2H])c([2H])c3c(-c3c([2H])c([2H])c([2H])c4c([2H])c([2H])c([2H])c([2H])c34)c3c([2H])c([2H])c([2H])c([2H])c23)c1[2H]. The summed E-state index contributed by atoms with van der Waals surface area (Å²) in [6.07, 6.45) is 0. The van der Waals surface area contributed by atoms with Crippen molar-refractivity contribution in [1.29, 1.82) is 0 Å². The lowest BCUT2D eigenvalue weighted by Crippen LogP contribution is -1.92. The number of rotatable bonds is 3. The van der Waals surface area contributed by atoms with Crippen molar-refractivity contribution in [2.45, 2.75) is 0 Å². The molecule has 0 N–H and O–H groups in total. The molecule has 200 valence electrons. The van der Waals surface area contributed by atoms with E-state index in [2.05, 4.69) is 0 Å². The molecule has 9 aromatic rings. The molecule has 0 aliphatic carbocycles. The van der Waals surface area contributed by atoms with Gasteiger partial charge in [-0.25, -0.2) is 0 Å². The van der Waals surface area contributed by atoms with Gasteiger partial charge in [0.05, 0.1) is 35.6 Å². The Kier molecular flexibility index (Phi) is 2.13. The summed E-state index contributed by atoms with van der Waals surface area (Å²) in [7, 11) is 0. The van der Waals surface area contributed by atoms with Crippen LogP contribution in [0.3, 0.4) is 0 Å². The predicted molar refractivity (Wildman–Crippen MR) is 183 cm³/mol. The van der Waals surface area contributed by atoms with E-state index in [1.54, 1.807) is 0 Å². The van der Waals surface area contributed by atoms with Gasteiger partial charge >= 0.3 is 0 Å². The van der Waals surface area contributed by atoms with Crippen molar-refractivity contribution >= 4 is 54.3 Å². The molecule has 0 radical (unpaired) electrons. The maximum Gasteiger partial charge on any atom is 0.135 e. The lowest BCUT2D eigenvalue weighted by atomic mass is 9.84. The molecule has 43 heavy (non-hydrogen) atoms. The van der Waals surface area contributed by atoms with Gasteiger partial charge < -0.3 is 4.42 Å². The normalized spacial score (nSPS) is 20.2. The molecule has 0 saturated heterocycles. The zero-order valence-electron chi connectivity index (χ0n) is 47.4. The number of para-hydroxylation sites is 1. The summed E-state index contributed by atoms with van der Waals surface area (Å²) in [6, 6.07) is -23.8. The second-order valence-corrected chi connectivity index (χ2v) is 9.26. The third-order valence-corrected chi connectivity index (χ3v) is 6.95. The first-order valence-electron chi connectivity index (χ1n) is 25.7. The number of hydrogen-bond donors (Lipinski definition) is 0. The molecule has 0 amide bonds. The van der Waals surface area contributed by atoms with Gasteiger partial charge in [0.15, 0.2) is 0 Å². The van der Waals surface area contributed by atoms with Gasteiger partial charge in [-0.05, 0) is 89.9 Å². The molecule has 9 rings (SSSR count). The Labute approximate surface area is 285 Å². The van der Waals surface area contributed by atoms with Gasteiger partial charge in [0, 0.05) is 10.8 Å². The number of furan rings is 1. The minimum atomic E-state index is -1.06. The summed E-state index contributed by atoms with van der Waals surface area (Å²) in [5.74, 6) is 0. The van der Waals surface area contributed by atoms with E-state index >= 15 is 0 Å². The smallest absolute Gasteiger partial charge is 0.135 e. The molecule has 0 aliphatic rings. The van der Waals surface area contributed by atoms with E-state index in [0.29, 0.717) is 0 Å². The molecule has 0 spiro atoms. The third-order valence-electron chi connectivity index (χ3n) is 6.95. The largest absolute Gasteiger partial charge is 0.456 e. The molecule has 1 nitrogen and oxygen atoms in total. The van der Waals surface area contributed by atoms with Crippen LogP contribution in [-0.4, -0.2) is 0 Å². The topological polar surface area (TPSA) is 13.1 Å². The van der Waals surface area contributed by atoms with Gasteiger partial charge in [-0.3, -0.25) is 0 Å². The average molecular weight is 573 g/mol. The van der Waals surface area contributed by atoms with Crippen LogP contribution in [0, 0.1) is 0 Å². The second kappa shape index (κ2) is 9.44. The summed E-state index contributed by atoms with van der Waals surface area (Å²) >= 11 is 0. The maximum absolute atomic E-state index is 9.79. The first-order valence-corrected chi connectivity index (χ1v) is 12.7. The van der Waals surface area contributed by atoms with Crippen LogP contribution in [0.15, 0.2) is 162 Å². The lowest BCUT2D eigenvalue weighted by molar-refractivity contribution is 0.669. The first-order chi connectivity index (χ1) is 32.2. The molecule has 1 heteroatoms. The van der Waals surface area contributed by atoms with Gasteiger partial charge in [-0.1, -0.05) is 133 Å². The molecule has 0 bridgehead atoms. The Morgan fingerprint density at radius 2 is 0.884 bits per heavy atom. The predicted octanol–water partition coefficient (Wildman–Crippen LogP) is 12.0. The molecule has 0 fully saturated rings. The van der Waals surface area contributed by atoms with Gasteiger partial charge in [-0.15, -0.1) is 0 Å². The van der Waals surface area contributed by atoms with Crippen molar-refractivity contribution in [2.24, 2.45) is 0 Å². The fourth-order valence-corrected chi connectivity index (χ4v) is 5.15. The molecule has 0 unspecified atom stereocenters. The van der Waals surface area contributed by atoms with Crippen LogP contribution in [0.5, 0.6) is 0 Å². The average Bonchev–Trinajstić information content (AvgIpc) is 3.73. The summed E-state index contributed by atoms with van der Waals surface area (Å²) in [5, 5.41) is -5.08. The van der Waals surface area contributed by atoms with E-state index in [0.717, 1.165) is 0 Å². The highest BCUT2D eigenvalue weighted by atomic mass is 16.3. The summed E-state index contributed by atoms with van der Waals surface area (Å²) < 4.78 is 238. The van der Waals surface area contributed by atoms with Crippen LogP contribution < -0.4 is 0 Å². The van der Waals surface area contributed by atoms with Gasteiger partial charge in [0.1, 0.15) is 11.2 Å². The highest BCUT2D eigenvalue weighted by molar-refractivity contribution is 6.23. The van der Waals surface area contributed by atoms with Gasteiger partial charge in [-0.2, -0.15) is 0 Å².